The summed E-state index contributed by atoms with van der Waals surface area (Å²) in [5.74, 6) is -0.551. The second kappa shape index (κ2) is 5.77. The number of amides is 1. The number of aromatic hydroxyl groups is 2. The highest BCUT2D eigenvalue weighted by Crippen LogP contribution is 2.53. The lowest BCUT2D eigenvalue weighted by Gasteiger charge is -2.24. The molecular weight excluding hydrogens is 318 g/mol. The molecule has 2 heterocycles. The zero-order chi connectivity index (χ0) is 17.6. The van der Waals surface area contributed by atoms with Crippen LogP contribution in [-0.4, -0.2) is 22.7 Å². The van der Waals surface area contributed by atoms with Gasteiger partial charge in [-0.3, -0.25) is 4.79 Å². The first-order chi connectivity index (χ1) is 12.1. The topological polar surface area (TPSA) is 70.0 Å². The Kier molecular flexibility index (Phi) is 3.69. The molecule has 2 aliphatic heterocycles. The van der Waals surface area contributed by atoms with E-state index in [1.165, 1.54) is 12.1 Å². The zero-order valence-corrected chi connectivity index (χ0v) is 14.2. The highest BCUT2D eigenvalue weighted by atomic mass is 16.5. The summed E-state index contributed by atoms with van der Waals surface area (Å²) in [7, 11) is 0. The van der Waals surface area contributed by atoms with Gasteiger partial charge in [0.15, 0.2) is 17.1 Å². The van der Waals surface area contributed by atoms with Gasteiger partial charge in [-0.15, -0.1) is 0 Å². The molecule has 4 rings (SSSR count). The molecule has 0 saturated carbocycles. The quantitative estimate of drug-likeness (QED) is 0.661. The van der Waals surface area contributed by atoms with Crippen LogP contribution in [0.25, 0.3) is 0 Å². The minimum absolute atomic E-state index is 0.117. The van der Waals surface area contributed by atoms with E-state index in [-0.39, 0.29) is 24.0 Å². The van der Waals surface area contributed by atoms with Crippen LogP contribution in [0.3, 0.4) is 0 Å². The molecular formula is C20H21NO4. The zero-order valence-electron chi connectivity index (χ0n) is 14.2. The van der Waals surface area contributed by atoms with Gasteiger partial charge in [0, 0.05) is 17.7 Å². The van der Waals surface area contributed by atoms with E-state index in [0.717, 1.165) is 36.1 Å². The van der Waals surface area contributed by atoms with E-state index in [4.69, 9.17) is 4.74 Å². The average molecular weight is 339 g/mol. The number of para-hydroxylation sites is 1. The number of anilines is 1. The van der Waals surface area contributed by atoms with Crippen molar-refractivity contribution in [1.29, 1.82) is 0 Å². The number of carbonyl (C=O) groups excluding carboxylic acids is 1. The van der Waals surface area contributed by atoms with Crippen LogP contribution in [0.15, 0.2) is 36.4 Å². The molecule has 0 fully saturated rings. The molecule has 2 aromatic carbocycles. The fraction of sp³-hybridized carbons (Fsp3) is 0.350. The molecule has 1 unspecified atom stereocenters. The number of phenolic OH excluding ortho intramolecular Hbond substituents is 2. The van der Waals surface area contributed by atoms with E-state index in [9.17, 15) is 15.0 Å². The standard InChI is InChI=1S/C20H21NO4/c1-2-3-6-9-21-16-8-5-4-7-14(16)20(19(21)24)15-11-18(23)17(22)10-13(15)12-25-20/h4-5,7-8,10-11,22-23H,2-3,6,9,12H2,1H3. The minimum atomic E-state index is -1.22. The molecule has 2 aliphatic rings. The average Bonchev–Trinajstić information content (AvgIpc) is 3.08. The summed E-state index contributed by atoms with van der Waals surface area (Å²) in [4.78, 5) is 15.2. The van der Waals surface area contributed by atoms with Crippen molar-refractivity contribution in [3.05, 3.63) is 53.1 Å². The third kappa shape index (κ3) is 2.15. The maximum Gasteiger partial charge on any atom is 0.268 e. The molecule has 5 heteroatoms. The van der Waals surface area contributed by atoms with Crippen molar-refractivity contribution in [3.8, 4) is 11.5 Å². The van der Waals surface area contributed by atoms with Gasteiger partial charge in [0.2, 0.25) is 0 Å². The molecule has 2 aromatic rings. The van der Waals surface area contributed by atoms with Crippen LogP contribution in [0.1, 0.15) is 42.9 Å². The maximum atomic E-state index is 13.4. The van der Waals surface area contributed by atoms with Crippen molar-refractivity contribution in [2.75, 3.05) is 11.4 Å². The molecule has 1 amide bonds. The van der Waals surface area contributed by atoms with E-state index in [1.807, 2.05) is 24.3 Å². The van der Waals surface area contributed by atoms with Crippen LogP contribution >= 0.6 is 0 Å². The van der Waals surface area contributed by atoms with Gasteiger partial charge in [0.05, 0.1) is 12.3 Å². The second-order valence-corrected chi connectivity index (χ2v) is 6.65. The largest absolute Gasteiger partial charge is 0.504 e. The minimum Gasteiger partial charge on any atom is -0.504 e. The molecule has 5 nitrogen and oxygen atoms in total. The first-order valence-corrected chi connectivity index (χ1v) is 8.70. The number of rotatable bonds is 4. The number of hydrogen-bond donors (Lipinski definition) is 2. The van der Waals surface area contributed by atoms with Gasteiger partial charge in [-0.25, -0.2) is 0 Å². The number of unbranched alkanes of at least 4 members (excludes halogenated alkanes) is 2. The third-order valence-electron chi connectivity index (χ3n) is 5.13. The first-order valence-electron chi connectivity index (χ1n) is 8.70. The third-order valence-corrected chi connectivity index (χ3v) is 5.13. The van der Waals surface area contributed by atoms with Crippen LogP contribution < -0.4 is 4.90 Å². The number of nitrogens with zero attached hydrogens (tertiary/aromatic N) is 1. The second-order valence-electron chi connectivity index (χ2n) is 6.65. The van der Waals surface area contributed by atoms with E-state index in [2.05, 4.69) is 6.92 Å². The van der Waals surface area contributed by atoms with Crippen molar-refractivity contribution < 1.29 is 19.7 Å². The van der Waals surface area contributed by atoms with E-state index in [1.54, 1.807) is 4.90 Å². The summed E-state index contributed by atoms with van der Waals surface area (Å²) in [6.07, 6.45) is 3.08. The Balaban J connectivity index is 1.85. The van der Waals surface area contributed by atoms with E-state index >= 15 is 0 Å². The van der Waals surface area contributed by atoms with Crippen LogP contribution in [0.4, 0.5) is 5.69 Å². The Bertz CT molecular complexity index is 848. The van der Waals surface area contributed by atoms with E-state index < -0.39 is 5.60 Å². The summed E-state index contributed by atoms with van der Waals surface area (Å²) >= 11 is 0. The van der Waals surface area contributed by atoms with Gasteiger partial charge in [0.1, 0.15) is 0 Å². The maximum absolute atomic E-state index is 13.4. The van der Waals surface area contributed by atoms with Crippen molar-refractivity contribution in [2.45, 2.75) is 38.4 Å². The first kappa shape index (κ1) is 16.0. The fourth-order valence-electron chi connectivity index (χ4n) is 3.89. The number of fused-ring (bicyclic) bond motifs is 4. The molecule has 130 valence electrons. The number of phenols is 2. The van der Waals surface area contributed by atoms with Gasteiger partial charge in [-0.2, -0.15) is 0 Å². The molecule has 0 bridgehead atoms. The van der Waals surface area contributed by atoms with Gasteiger partial charge < -0.3 is 19.8 Å². The van der Waals surface area contributed by atoms with Gasteiger partial charge in [0.25, 0.3) is 5.91 Å². The van der Waals surface area contributed by atoms with Crippen molar-refractivity contribution in [1.82, 2.24) is 0 Å². The molecule has 0 aliphatic carbocycles. The number of carbonyl (C=O) groups is 1. The lowest BCUT2D eigenvalue weighted by molar-refractivity contribution is -0.136. The molecule has 2 N–H and O–H groups in total. The van der Waals surface area contributed by atoms with Crippen LogP contribution in [0, 0.1) is 0 Å². The highest BCUT2D eigenvalue weighted by Gasteiger charge is 2.56. The summed E-state index contributed by atoms with van der Waals surface area (Å²) in [6.45, 7) is 3.01. The molecule has 0 aromatic heterocycles. The van der Waals surface area contributed by atoms with E-state index in [0.29, 0.717) is 12.1 Å². The smallest absolute Gasteiger partial charge is 0.268 e. The number of hydrogen-bond acceptors (Lipinski definition) is 4. The Morgan fingerprint density at radius 1 is 1.12 bits per heavy atom. The lowest BCUT2D eigenvalue weighted by atomic mass is 9.86. The van der Waals surface area contributed by atoms with Gasteiger partial charge in [-0.05, 0) is 30.2 Å². The van der Waals surface area contributed by atoms with Crippen molar-refractivity contribution in [3.63, 3.8) is 0 Å². The van der Waals surface area contributed by atoms with Crippen LogP contribution in [0.5, 0.6) is 11.5 Å². The monoisotopic (exact) mass is 339 g/mol. The normalized spacial score (nSPS) is 21.0. The summed E-state index contributed by atoms with van der Waals surface area (Å²) < 4.78 is 6.04. The molecule has 1 atom stereocenters. The Hall–Kier alpha value is -2.53. The van der Waals surface area contributed by atoms with Gasteiger partial charge in [-0.1, -0.05) is 38.0 Å². The van der Waals surface area contributed by atoms with Gasteiger partial charge >= 0.3 is 0 Å². The number of ether oxygens (including phenoxy) is 1. The van der Waals surface area contributed by atoms with Crippen LogP contribution in [-0.2, 0) is 21.7 Å². The van der Waals surface area contributed by atoms with Crippen molar-refractivity contribution >= 4 is 11.6 Å². The number of benzene rings is 2. The summed E-state index contributed by atoms with van der Waals surface area (Å²) in [6, 6.07) is 10.6. The Morgan fingerprint density at radius 2 is 1.88 bits per heavy atom. The predicted molar refractivity (Wildman–Crippen MR) is 93.7 cm³/mol. The fourth-order valence-corrected chi connectivity index (χ4v) is 3.89. The summed E-state index contributed by atoms with van der Waals surface area (Å²) in [5.41, 5.74) is 1.81. The Labute approximate surface area is 146 Å². The lowest BCUT2D eigenvalue weighted by Crippen LogP contribution is -2.41. The van der Waals surface area contributed by atoms with Crippen LogP contribution in [0.2, 0.25) is 0 Å². The summed E-state index contributed by atoms with van der Waals surface area (Å²) in [5, 5.41) is 19.7. The molecule has 0 radical (unpaired) electrons. The molecule has 0 saturated heterocycles. The molecule has 1 spiro atoms. The van der Waals surface area contributed by atoms with Crippen molar-refractivity contribution in [2.24, 2.45) is 0 Å². The molecule has 25 heavy (non-hydrogen) atoms. The SMILES string of the molecule is CCCCCN1C(=O)C2(OCc3cc(O)c(O)cc32)c2ccccc21. The Morgan fingerprint density at radius 3 is 2.68 bits per heavy atom. The predicted octanol–water partition coefficient (Wildman–Crippen LogP) is 3.41. The highest BCUT2D eigenvalue weighted by molar-refractivity contribution is 6.10.